The van der Waals surface area contributed by atoms with Crippen molar-refractivity contribution in [1.82, 2.24) is 5.32 Å². The summed E-state index contributed by atoms with van der Waals surface area (Å²) < 4.78 is 28.1. The average molecular weight is 358 g/mol. The summed E-state index contributed by atoms with van der Waals surface area (Å²) in [6.07, 6.45) is 0.381. The van der Waals surface area contributed by atoms with E-state index in [0.29, 0.717) is 24.2 Å². The fraction of sp³-hybridized carbons (Fsp3) is 0.316. The third-order valence-electron chi connectivity index (χ3n) is 4.45. The van der Waals surface area contributed by atoms with Crippen molar-refractivity contribution in [1.29, 1.82) is 0 Å². The van der Waals surface area contributed by atoms with E-state index in [1.807, 2.05) is 32.0 Å². The van der Waals surface area contributed by atoms with Crippen LogP contribution in [0.4, 0.5) is 5.69 Å². The molecule has 1 unspecified atom stereocenters. The summed E-state index contributed by atoms with van der Waals surface area (Å²) in [4.78, 5) is 12.8. The molecule has 0 radical (unpaired) electrons. The second-order valence-electron chi connectivity index (χ2n) is 6.31. The molecular weight excluding hydrogens is 336 g/mol. The Kier molecular flexibility index (Phi) is 4.56. The fourth-order valence-corrected chi connectivity index (χ4v) is 5.20. The maximum absolute atomic E-state index is 13.4. The van der Waals surface area contributed by atoms with Gasteiger partial charge in [-0.1, -0.05) is 35.9 Å². The Morgan fingerprint density at radius 3 is 2.60 bits per heavy atom. The number of para-hydroxylation sites is 1. The van der Waals surface area contributed by atoms with Crippen molar-refractivity contribution in [2.45, 2.75) is 38.1 Å². The molecule has 2 aromatic carbocycles. The Morgan fingerprint density at radius 1 is 1.20 bits per heavy atom. The molecule has 0 bridgehead atoms. The van der Waals surface area contributed by atoms with Gasteiger partial charge in [-0.3, -0.25) is 9.10 Å². The number of carbonyl (C=O) groups excluding carboxylic acids is 1. The first-order valence-electron chi connectivity index (χ1n) is 8.33. The number of nitrogens with zero attached hydrogens (tertiary/aromatic N) is 1. The highest BCUT2D eigenvalue weighted by molar-refractivity contribution is 7.93. The number of fused-ring (bicyclic) bond motifs is 1. The Morgan fingerprint density at radius 2 is 1.92 bits per heavy atom. The molecule has 1 aliphatic rings. The second kappa shape index (κ2) is 6.52. The number of amides is 1. The molecule has 0 saturated heterocycles. The van der Waals surface area contributed by atoms with Gasteiger partial charge in [-0.15, -0.1) is 0 Å². The van der Waals surface area contributed by atoms with Crippen LogP contribution in [0.5, 0.6) is 0 Å². The van der Waals surface area contributed by atoms with Gasteiger partial charge in [-0.05, 0) is 44.0 Å². The zero-order chi connectivity index (χ0) is 18.2. The predicted octanol–water partition coefficient (Wildman–Crippen LogP) is 2.56. The molecule has 1 heterocycles. The van der Waals surface area contributed by atoms with Crippen molar-refractivity contribution >= 4 is 21.6 Å². The van der Waals surface area contributed by atoms with Gasteiger partial charge in [0.1, 0.15) is 6.04 Å². The molecule has 0 aromatic heterocycles. The molecule has 1 aliphatic heterocycles. The fourth-order valence-electron chi connectivity index (χ4n) is 3.34. The molecule has 0 fully saturated rings. The number of nitrogens with one attached hydrogen (secondary N) is 1. The topological polar surface area (TPSA) is 66.5 Å². The Hall–Kier alpha value is -2.34. The highest BCUT2D eigenvalue weighted by Gasteiger charge is 2.42. The summed E-state index contributed by atoms with van der Waals surface area (Å²) in [6, 6.07) is 11.8. The van der Waals surface area contributed by atoms with Gasteiger partial charge in [-0.2, -0.15) is 0 Å². The lowest BCUT2D eigenvalue weighted by Crippen LogP contribution is -2.48. The molecule has 1 amide bonds. The number of rotatable bonds is 4. The van der Waals surface area contributed by atoms with Crippen LogP contribution in [0.1, 0.15) is 23.6 Å². The highest BCUT2D eigenvalue weighted by atomic mass is 32.2. The van der Waals surface area contributed by atoms with Crippen LogP contribution in [0.25, 0.3) is 0 Å². The van der Waals surface area contributed by atoms with E-state index in [1.165, 1.54) is 4.31 Å². The zero-order valence-electron chi connectivity index (χ0n) is 14.6. The number of carbonyl (C=O) groups is 1. The first-order valence-corrected chi connectivity index (χ1v) is 9.77. The summed E-state index contributed by atoms with van der Waals surface area (Å²) in [5.41, 5.74) is 3.13. The molecule has 5 nitrogen and oxygen atoms in total. The van der Waals surface area contributed by atoms with Gasteiger partial charge in [0.25, 0.3) is 10.0 Å². The largest absolute Gasteiger partial charge is 0.355 e. The van der Waals surface area contributed by atoms with E-state index in [0.717, 1.165) is 11.1 Å². The number of likely N-dealkylation sites (N-methyl/N-ethyl adjacent to an activating group) is 1. The van der Waals surface area contributed by atoms with Crippen molar-refractivity contribution in [2.75, 3.05) is 10.8 Å². The lowest BCUT2D eigenvalue weighted by Gasteiger charge is -2.27. The summed E-state index contributed by atoms with van der Waals surface area (Å²) in [7, 11) is -3.84. The number of anilines is 1. The highest BCUT2D eigenvalue weighted by Crippen LogP contribution is 2.37. The molecule has 3 rings (SSSR count). The third kappa shape index (κ3) is 3.02. The number of hydrogen-bond donors (Lipinski definition) is 1. The van der Waals surface area contributed by atoms with Gasteiger partial charge in [0.2, 0.25) is 5.91 Å². The van der Waals surface area contributed by atoms with Gasteiger partial charge < -0.3 is 5.32 Å². The number of aryl methyl sites for hydroxylation is 2. The smallest absolute Gasteiger partial charge is 0.265 e. The van der Waals surface area contributed by atoms with Crippen LogP contribution in [0.2, 0.25) is 0 Å². The minimum absolute atomic E-state index is 0.240. The van der Waals surface area contributed by atoms with Crippen LogP contribution in [-0.2, 0) is 21.2 Å². The van der Waals surface area contributed by atoms with Gasteiger partial charge in [-0.25, -0.2) is 8.42 Å². The first-order chi connectivity index (χ1) is 11.9. The van der Waals surface area contributed by atoms with Gasteiger partial charge in [0.05, 0.1) is 10.6 Å². The average Bonchev–Trinajstić information content (AvgIpc) is 2.95. The van der Waals surface area contributed by atoms with Crippen molar-refractivity contribution in [3.05, 3.63) is 59.2 Å². The predicted molar refractivity (Wildman–Crippen MR) is 98.2 cm³/mol. The third-order valence-corrected chi connectivity index (χ3v) is 6.43. The van der Waals surface area contributed by atoms with E-state index < -0.39 is 16.1 Å². The summed E-state index contributed by atoms with van der Waals surface area (Å²) in [5, 5.41) is 2.75. The van der Waals surface area contributed by atoms with E-state index >= 15 is 0 Å². The van der Waals surface area contributed by atoms with Gasteiger partial charge >= 0.3 is 0 Å². The number of hydrogen-bond acceptors (Lipinski definition) is 3. The van der Waals surface area contributed by atoms with E-state index in [2.05, 4.69) is 5.32 Å². The lowest BCUT2D eigenvalue weighted by atomic mass is 10.1. The molecule has 6 heteroatoms. The summed E-state index contributed by atoms with van der Waals surface area (Å²) >= 11 is 0. The molecule has 1 N–H and O–H groups in total. The zero-order valence-corrected chi connectivity index (χ0v) is 15.4. The van der Waals surface area contributed by atoms with Crippen LogP contribution >= 0.6 is 0 Å². The maximum atomic E-state index is 13.4. The Bertz CT molecular complexity index is 922. The maximum Gasteiger partial charge on any atom is 0.265 e. The van der Waals surface area contributed by atoms with Gasteiger partial charge in [0.15, 0.2) is 0 Å². The SMILES string of the molecule is CCNC(=O)C1Cc2ccccc2N1S(=O)(=O)c1ccc(C)cc1C. The van der Waals surface area contributed by atoms with Crippen LogP contribution < -0.4 is 9.62 Å². The molecule has 0 spiro atoms. The summed E-state index contributed by atoms with van der Waals surface area (Å²) in [5.74, 6) is -0.271. The molecule has 1 atom stereocenters. The molecular formula is C19H22N2O3S. The van der Waals surface area contributed by atoms with Gasteiger partial charge in [0, 0.05) is 13.0 Å². The molecule has 0 aliphatic carbocycles. The number of sulfonamides is 1. The van der Waals surface area contributed by atoms with Crippen LogP contribution in [-0.4, -0.2) is 26.9 Å². The Balaban J connectivity index is 2.14. The van der Waals surface area contributed by atoms with E-state index in [-0.39, 0.29) is 10.8 Å². The van der Waals surface area contributed by atoms with Crippen molar-refractivity contribution in [3.8, 4) is 0 Å². The minimum atomic E-state index is -3.84. The molecule has 0 saturated carbocycles. The van der Waals surface area contributed by atoms with E-state index in [4.69, 9.17) is 0 Å². The van der Waals surface area contributed by atoms with Crippen LogP contribution in [0.15, 0.2) is 47.4 Å². The standard InChI is InChI=1S/C19H22N2O3S/c1-4-20-19(22)17-12-15-7-5-6-8-16(15)21(17)25(23,24)18-10-9-13(2)11-14(18)3/h5-11,17H,4,12H2,1-3H3,(H,20,22). The van der Waals surface area contributed by atoms with E-state index in [1.54, 1.807) is 31.2 Å². The minimum Gasteiger partial charge on any atom is -0.355 e. The quantitative estimate of drug-likeness (QED) is 0.913. The van der Waals surface area contributed by atoms with Crippen LogP contribution in [0, 0.1) is 13.8 Å². The van der Waals surface area contributed by atoms with Crippen molar-refractivity contribution < 1.29 is 13.2 Å². The van der Waals surface area contributed by atoms with Crippen LogP contribution in [0.3, 0.4) is 0 Å². The summed E-state index contributed by atoms with van der Waals surface area (Å²) in [6.45, 7) is 5.99. The van der Waals surface area contributed by atoms with Crippen molar-refractivity contribution in [3.63, 3.8) is 0 Å². The normalized spacial score (nSPS) is 16.6. The van der Waals surface area contributed by atoms with Crippen molar-refractivity contribution in [2.24, 2.45) is 0 Å². The van der Waals surface area contributed by atoms with E-state index in [9.17, 15) is 13.2 Å². The second-order valence-corrected chi connectivity index (χ2v) is 8.10. The monoisotopic (exact) mass is 358 g/mol. The Labute approximate surface area is 148 Å². The molecule has 25 heavy (non-hydrogen) atoms. The molecule has 2 aromatic rings. The first kappa shape index (κ1) is 17.5. The molecule has 132 valence electrons. The number of benzene rings is 2. The lowest BCUT2D eigenvalue weighted by molar-refractivity contribution is -0.121.